The standard InChI is InChI=1S/C15H24FNO2S/c1-3-11-17-13(2)8-6-7-12-20(18,19)15-10-5-4-9-14(15)16/h4-5,9-10,13,17H,3,6-8,11-12H2,1-2H3. The van der Waals surface area contributed by atoms with Crippen molar-refractivity contribution >= 4 is 9.84 Å². The van der Waals surface area contributed by atoms with Gasteiger partial charge in [-0.1, -0.05) is 25.5 Å². The second-order valence-electron chi connectivity index (χ2n) is 5.10. The summed E-state index contributed by atoms with van der Waals surface area (Å²) in [5, 5.41) is 3.36. The molecule has 0 saturated carbocycles. The van der Waals surface area contributed by atoms with E-state index < -0.39 is 15.7 Å². The summed E-state index contributed by atoms with van der Waals surface area (Å²) in [6.45, 7) is 5.19. The molecule has 0 aliphatic rings. The van der Waals surface area contributed by atoms with Crippen LogP contribution in [0.1, 0.15) is 39.5 Å². The van der Waals surface area contributed by atoms with Crippen LogP contribution in [0.2, 0.25) is 0 Å². The molecule has 0 bridgehead atoms. The normalized spacial score (nSPS) is 13.3. The Kier molecular flexibility index (Phi) is 7.16. The maximum Gasteiger partial charge on any atom is 0.181 e. The molecule has 0 aliphatic carbocycles. The SMILES string of the molecule is CCCNC(C)CCCCS(=O)(=O)c1ccccc1F. The smallest absolute Gasteiger partial charge is 0.181 e. The fourth-order valence-electron chi connectivity index (χ4n) is 2.04. The lowest BCUT2D eigenvalue weighted by Crippen LogP contribution is -2.26. The van der Waals surface area contributed by atoms with Gasteiger partial charge < -0.3 is 5.32 Å². The number of unbranched alkanes of at least 4 members (excludes halogenated alkanes) is 1. The van der Waals surface area contributed by atoms with Crippen LogP contribution in [0.4, 0.5) is 4.39 Å². The molecule has 114 valence electrons. The highest BCUT2D eigenvalue weighted by molar-refractivity contribution is 7.91. The Labute approximate surface area is 121 Å². The molecule has 1 atom stereocenters. The van der Waals surface area contributed by atoms with Crippen LogP contribution in [0, 0.1) is 5.82 Å². The Hall–Kier alpha value is -0.940. The molecule has 0 aromatic heterocycles. The number of hydrogen-bond acceptors (Lipinski definition) is 3. The van der Waals surface area contributed by atoms with E-state index >= 15 is 0 Å². The summed E-state index contributed by atoms with van der Waals surface area (Å²) >= 11 is 0. The van der Waals surface area contributed by atoms with Gasteiger partial charge in [-0.3, -0.25) is 0 Å². The number of rotatable bonds is 9. The maximum atomic E-state index is 13.5. The minimum Gasteiger partial charge on any atom is -0.314 e. The first kappa shape index (κ1) is 17.1. The molecule has 1 aromatic rings. The summed E-state index contributed by atoms with van der Waals surface area (Å²) in [4.78, 5) is -0.183. The van der Waals surface area contributed by atoms with E-state index in [-0.39, 0.29) is 10.6 Å². The molecule has 0 spiro atoms. The van der Waals surface area contributed by atoms with Crippen molar-refractivity contribution in [3.63, 3.8) is 0 Å². The van der Waals surface area contributed by atoms with E-state index in [1.807, 2.05) is 0 Å². The average Bonchev–Trinajstić information content (AvgIpc) is 2.41. The van der Waals surface area contributed by atoms with Gasteiger partial charge in [-0.05, 0) is 44.9 Å². The number of benzene rings is 1. The Balaban J connectivity index is 2.40. The topological polar surface area (TPSA) is 46.2 Å². The number of sulfone groups is 1. The largest absolute Gasteiger partial charge is 0.314 e. The maximum absolute atomic E-state index is 13.5. The first-order valence-electron chi connectivity index (χ1n) is 7.18. The molecule has 5 heteroatoms. The van der Waals surface area contributed by atoms with Crippen molar-refractivity contribution < 1.29 is 12.8 Å². The zero-order valence-corrected chi connectivity index (χ0v) is 13.0. The fraction of sp³-hybridized carbons (Fsp3) is 0.600. The molecule has 0 amide bonds. The third-order valence-corrected chi connectivity index (χ3v) is 5.04. The predicted molar refractivity (Wildman–Crippen MR) is 80.1 cm³/mol. The molecule has 0 heterocycles. The van der Waals surface area contributed by atoms with Crippen molar-refractivity contribution in [1.82, 2.24) is 5.32 Å². The molecule has 0 fully saturated rings. The van der Waals surface area contributed by atoms with Crippen molar-refractivity contribution in [3.8, 4) is 0 Å². The van der Waals surface area contributed by atoms with E-state index in [2.05, 4.69) is 19.2 Å². The van der Waals surface area contributed by atoms with Crippen molar-refractivity contribution in [3.05, 3.63) is 30.1 Å². The van der Waals surface area contributed by atoms with Gasteiger partial charge >= 0.3 is 0 Å². The van der Waals surface area contributed by atoms with Crippen LogP contribution in [0.3, 0.4) is 0 Å². The third kappa shape index (κ3) is 5.59. The molecule has 20 heavy (non-hydrogen) atoms. The Morgan fingerprint density at radius 1 is 1.25 bits per heavy atom. The first-order valence-corrected chi connectivity index (χ1v) is 8.83. The molecule has 3 nitrogen and oxygen atoms in total. The number of hydrogen-bond donors (Lipinski definition) is 1. The van der Waals surface area contributed by atoms with Crippen LogP contribution in [-0.4, -0.2) is 26.8 Å². The van der Waals surface area contributed by atoms with E-state index in [4.69, 9.17) is 0 Å². The summed E-state index contributed by atoms with van der Waals surface area (Å²) in [6.07, 6.45) is 3.42. The number of nitrogens with one attached hydrogen (secondary N) is 1. The van der Waals surface area contributed by atoms with E-state index in [1.54, 1.807) is 6.07 Å². The summed E-state index contributed by atoms with van der Waals surface area (Å²) < 4.78 is 37.5. The fourth-order valence-corrected chi connectivity index (χ4v) is 3.50. The van der Waals surface area contributed by atoms with E-state index in [0.717, 1.165) is 25.8 Å². The first-order chi connectivity index (χ1) is 9.47. The molecule has 1 unspecified atom stereocenters. The average molecular weight is 301 g/mol. The van der Waals surface area contributed by atoms with Gasteiger partial charge in [-0.25, -0.2) is 12.8 Å². The lowest BCUT2D eigenvalue weighted by atomic mass is 10.1. The molecular weight excluding hydrogens is 277 g/mol. The summed E-state index contributed by atoms with van der Waals surface area (Å²) in [5.74, 6) is -0.653. The van der Waals surface area contributed by atoms with Crippen molar-refractivity contribution in [2.24, 2.45) is 0 Å². The lowest BCUT2D eigenvalue weighted by Gasteiger charge is -2.12. The lowest BCUT2D eigenvalue weighted by molar-refractivity contribution is 0.493. The van der Waals surface area contributed by atoms with Gasteiger partial charge in [0.05, 0.1) is 5.75 Å². The monoisotopic (exact) mass is 301 g/mol. The third-order valence-electron chi connectivity index (χ3n) is 3.21. The highest BCUT2D eigenvalue weighted by atomic mass is 32.2. The van der Waals surface area contributed by atoms with Gasteiger partial charge in [0.15, 0.2) is 9.84 Å². The van der Waals surface area contributed by atoms with Gasteiger partial charge in [-0.2, -0.15) is 0 Å². The molecule has 1 N–H and O–H groups in total. The Morgan fingerprint density at radius 2 is 1.95 bits per heavy atom. The van der Waals surface area contributed by atoms with Gasteiger partial charge in [-0.15, -0.1) is 0 Å². The second kappa shape index (κ2) is 8.37. The van der Waals surface area contributed by atoms with E-state index in [1.165, 1.54) is 18.2 Å². The summed E-state index contributed by atoms with van der Waals surface area (Å²) in [6, 6.07) is 5.95. The molecule has 1 rings (SSSR count). The highest BCUT2D eigenvalue weighted by Gasteiger charge is 2.18. The van der Waals surface area contributed by atoms with E-state index in [9.17, 15) is 12.8 Å². The minimum absolute atomic E-state index is 0.00836. The van der Waals surface area contributed by atoms with Crippen LogP contribution in [0.25, 0.3) is 0 Å². The minimum atomic E-state index is -3.50. The highest BCUT2D eigenvalue weighted by Crippen LogP contribution is 2.17. The Bertz CT molecular complexity index is 502. The summed E-state index contributed by atoms with van der Waals surface area (Å²) in [5.41, 5.74) is 0. The molecule has 0 saturated heterocycles. The molecular formula is C15H24FNO2S. The van der Waals surface area contributed by atoms with Gasteiger partial charge in [0.2, 0.25) is 0 Å². The van der Waals surface area contributed by atoms with Crippen LogP contribution in [0.5, 0.6) is 0 Å². The van der Waals surface area contributed by atoms with Crippen LogP contribution in [-0.2, 0) is 9.84 Å². The van der Waals surface area contributed by atoms with Crippen LogP contribution < -0.4 is 5.32 Å². The van der Waals surface area contributed by atoms with Gasteiger partial charge in [0.1, 0.15) is 10.7 Å². The van der Waals surface area contributed by atoms with Crippen LogP contribution in [0.15, 0.2) is 29.2 Å². The molecule has 0 radical (unpaired) electrons. The number of halogens is 1. The predicted octanol–water partition coefficient (Wildman–Crippen LogP) is 3.16. The Morgan fingerprint density at radius 3 is 2.60 bits per heavy atom. The quantitative estimate of drug-likeness (QED) is 0.713. The van der Waals surface area contributed by atoms with Crippen molar-refractivity contribution in [2.45, 2.75) is 50.5 Å². The van der Waals surface area contributed by atoms with E-state index in [0.29, 0.717) is 12.5 Å². The second-order valence-corrected chi connectivity index (χ2v) is 7.18. The molecule has 0 aliphatic heterocycles. The van der Waals surface area contributed by atoms with Crippen molar-refractivity contribution in [2.75, 3.05) is 12.3 Å². The summed E-state index contributed by atoms with van der Waals surface area (Å²) in [7, 11) is -3.50. The molecule has 1 aromatic carbocycles. The van der Waals surface area contributed by atoms with Crippen LogP contribution >= 0.6 is 0 Å². The van der Waals surface area contributed by atoms with Crippen molar-refractivity contribution in [1.29, 1.82) is 0 Å². The zero-order chi connectivity index (χ0) is 15.0. The van der Waals surface area contributed by atoms with Gasteiger partial charge in [0.25, 0.3) is 0 Å². The van der Waals surface area contributed by atoms with Gasteiger partial charge in [0, 0.05) is 6.04 Å². The zero-order valence-electron chi connectivity index (χ0n) is 12.2.